The lowest BCUT2D eigenvalue weighted by Crippen LogP contribution is -2.36. The molecule has 0 saturated carbocycles. The van der Waals surface area contributed by atoms with Crippen molar-refractivity contribution in [3.63, 3.8) is 0 Å². The summed E-state index contributed by atoms with van der Waals surface area (Å²) in [6, 6.07) is 85.2. The highest BCUT2D eigenvalue weighted by atomic mass is 16.3. The van der Waals surface area contributed by atoms with Gasteiger partial charge in [0.1, 0.15) is 11.2 Å². The van der Waals surface area contributed by atoms with Gasteiger partial charge in [-0.2, -0.15) is 0 Å². The van der Waals surface area contributed by atoms with Gasteiger partial charge in [0.2, 0.25) is 0 Å². The van der Waals surface area contributed by atoms with Crippen molar-refractivity contribution < 1.29 is 4.42 Å². The fourth-order valence-electron chi connectivity index (χ4n) is 12.1. The molecule has 2 heterocycles. The van der Waals surface area contributed by atoms with Crippen LogP contribution in [0, 0.1) is 0 Å². The molecule has 14 rings (SSSR count). The molecule has 67 heavy (non-hydrogen) atoms. The number of hydrogen-bond donors (Lipinski definition) is 0. The normalized spacial score (nSPS) is 14.3. The monoisotopic (exact) mass is 856 g/mol. The number of fused-ring (bicyclic) bond motifs is 15. The number of rotatable bonds is 5. The molecule has 0 saturated heterocycles. The summed E-state index contributed by atoms with van der Waals surface area (Å²) >= 11 is 0. The summed E-state index contributed by atoms with van der Waals surface area (Å²) < 4.78 is 6.22. The van der Waals surface area contributed by atoms with Crippen LogP contribution in [0.5, 0.6) is 0 Å². The molecular weight excluding hydrogens is 813 g/mol. The summed E-state index contributed by atoms with van der Waals surface area (Å²) in [5.41, 5.74) is 23.3. The van der Waals surface area contributed by atoms with Gasteiger partial charge in [-0.05, 0) is 134 Å². The predicted molar refractivity (Wildman–Crippen MR) is 277 cm³/mol. The van der Waals surface area contributed by atoms with Crippen molar-refractivity contribution >= 4 is 56.1 Å². The molecule has 1 aliphatic heterocycles. The second-order valence-corrected chi connectivity index (χ2v) is 18.8. The van der Waals surface area contributed by atoms with E-state index in [9.17, 15) is 0 Å². The highest BCUT2D eigenvalue weighted by Gasteiger charge is 2.52. The molecule has 11 aromatic rings. The maximum atomic E-state index is 6.22. The van der Waals surface area contributed by atoms with Gasteiger partial charge >= 0.3 is 0 Å². The first-order valence-electron chi connectivity index (χ1n) is 23.3. The van der Waals surface area contributed by atoms with Crippen LogP contribution in [0.3, 0.4) is 0 Å². The van der Waals surface area contributed by atoms with Crippen LogP contribution >= 0.6 is 0 Å². The van der Waals surface area contributed by atoms with Crippen molar-refractivity contribution in [3.8, 4) is 33.4 Å². The Balaban J connectivity index is 1.00. The average molecular weight is 857 g/mol. The molecule has 3 aliphatic rings. The first-order chi connectivity index (χ1) is 33.0. The molecule has 1 aromatic heterocycles. The van der Waals surface area contributed by atoms with Crippen molar-refractivity contribution in [2.45, 2.75) is 24.7 Å². The van der Waals surface area contributed by atoms with Gasteiger partial charge in [0.25, 0.3) is 0 Å². The van der Waals surface area contributed by atoms with E-state index < -0.39 is 5.41 Å². The Morgan fingerprint density at radius 1 is 0.388 bits per heavy atom. The van der Waals surface area contributed by atoms with Crippen LogP contribution in [0.25, 0.3) is 55.3 Å². The molecule has 0 fully saturated rings. The van der Waals surface area contributed by atoms with Gasteiger partial charge in [0.05, 0.1) is 22.5 Å². The molecule has 3 nitrogen and oxygen atoms in total. The van der Waals surface area contributed by atoms with Gasteiger partial charge in [-0.3, -0.25) is 0 Å². The molecule has 316 valence electrons. The maximum absolute atomic E-state index is 6.22. The van der Waals surface area contributed by atoms with E-state index in [1.807, 2.05) is 12.1 Å². The average Bonchev–Trinajstić information content (AvgIpc) is 3.98. The number of hydrogen-bond acceptors (Lipinski definition) is 3. The van der Waals surface area contributed by atoms with Crippen LogP contribution < -0.4 is 9.80 Å². The van der Waals surface area contributed by atoms with Crippen LogP contribution in [0.1, 0.15) is 47.2 Å². The minimum absolute atomic E-state index is 0.164. The van der Waals surface area contributed by atoms with E-state index in [2.05, 4.69) is 242 Å². The van der Waals surface area contributed by atoms with Gasteiger partial charge in [0.15, 0.2) is 0 Å². The first kappa shape index (κ1) is 37.9. The zero-order valence-corrected chi connectivity index (χ0v) is 37.2. The third-order valence-electron chi connectivity index (χ3n) is 15.1. The van der Waals surface area contributed by atoms with Crippen LogP contribution in [-0.2, 0) is 10.8 Å². The van der Waals surface area contributed by atoms with Crippen LogP contribution in [0.15, 0.2) is 235 Å². The number of anilines is 6. The molecule has 0 N–H and O–H groups in total. The maximum Gasteiger partial charge on any atom is 0.135 e. The summed E-state index contributed by atoms with van der Waals surface area (Å²) in [6.45, 7) is 4.75. The minimum Gasteiger partial charge on any atom is -0.456 e. The van der Waals surface area contributed by atoms with Crippen LogP contribution in [-0.4, -0.2) is 0 Å². The predicted octanol–water partition coefficient (Wildman–Crippen LogP) is 17.2. The lowest BCUT2D eigenvalue weighted by atomic mass is 9.64. The Labute approximate surface area is 390 Å². The standard InChI is InChI=1S/C64H44N2O/c1-63(2)51-22-9-6-19-46(51)47-37-36-45(40-56(47)63)65(44-34-31-41(32-35-44)42-33-38-61-50(39-42)48-20-8-15-30-60(48)67-61)59-29-16-26-55-62(59)49-21-7-10-23-52(49)64(55)53-24-11-13-27-57(53)66(43-17-4-3-5-18-43)58-28-14-12-25-54(58)64/h3-40H,1-2H3. The van der Waals surface area contributed by atoms with Gasteiger partial charge in [0, 0.05) is 38.8 Å². The molecule has 0 atom stereocenters. The van der Waals surface area contributed by atoms with E-state index in [1.54, 1.807) is 0 Å². The highest BCUT2D eigenvalue weighted by molar-refractivity contribution is 6.06. The third kappa shape index (κ3) is 5.23. The quantitative estimate of drug-likeness (QED) is 0.172. The summed E-state index contributed by atoms with van der Waals surface area (Å²) in [6.07, 6.45) is 0. The molecule has 0 unspecified atom stereocenters. The van der Waals surface area contributed by atoms with Gasteiger partial charge in [-0.25, -0.2) is 0 Å². The summed E-state index contributed by atoms with van der Waals surface area (Å²) in [5, 5.41) is 2.27. The molecule has 10 aromatic carbocycles. The highest BCUT2D eigenvalue weighted by Crippen LogP contribution is 2.65. The topological polar surface area (TPSA) is 19.6 Å². The molecule has 0 radical (unpaired) electrons. The van der Waals surface area contributed by atoms with E-state index >= 15 is 0 Å². The second kappa shape index (κ2) is 14.1. The van der Waals surface area contributed by atoms with Crippen molar-refractivity contribution in [1.82, 2.24) is 0 Å². The number of para-hydroxylation sites is 4. The van der Waals surface area contributed by atoms with Gasteiger partial charge < -0.3 is 14.2 Å². The molecule has 0 amide bonds. The number of nitrogens with zero attached hydrogens (tertiary/aromatic N) is 2. The Morgan fingerprint density at radius 2 is 0.970 bits per heavy atom. The van der Waals surface area contributed by atoms with E-state index in [0.717, 1.165) is 55.8 Å². The van der Waals surface area contributed by atoms with E-state index in [-0.39, 0.29) is 5.41 Å². The SMILES string of the molecule is CC1(C)c2ccccc2-c2ccc(N(c3ccc(-c4ccc5oc6ccccc6c5c4)cc3)c3cccc4c3-c3ccccc3C43c4ccccc4N(c4ccccc4)c4ccccc43)cc21. The Bertz CT molecular complexity index is 3760. The van der Waals surface area contributed by atoms with Crippen molar-refractivity contribution in [3.05, 3.63) is 264 Å². The third-order valence-corrected chi connectivity index (χ3v) is 15.1. The second-order valence-electron chi connectivity index (χ2n) is 18.8. The van der Waals surface area contributed by atoms with E-state index in [1.165, 1.54) is 67.0 Å². The molecule has 1 spiro atoms. The van der Waals surface area contributed by atoms with Crippen LogP contribution in [0.2, 0.25) is 0 Å². The number of benzene rings is 10. The summed E-state index contributed by atoms with van der Waals surface area (Å²) in [5.74, 6) is 0. The first-order valence-corrected chi connectivity index (χ1v) is 23.3. The van der Waals surface area contributed by atoms with Crippen LogP contribution in [0.4, 0.5) is 34.1 Å². The van der Waals surface area contributed by atoms with E-state index in [4.69, 9.17) is 4.42 Å². The minimum atomic E-state index is -0.576. The van der Waals surface area contributed by atoms with Crippen molar-refractivity contribution in [1.29, 1.82) is 0 Å². The fourth-order valence-corrected chi connectivity index (χ4v) is 12.1. The number of furan rings is 1. The zero-order valence-electron chi connectivity index (χ0n) is 37.2. The summed E-state index contributed by atoms with van der Waals surface area (Å²) in [7, 11) is 0. The Hall–Kier alpha value is -8.40. The Morgan fingerprint density at radius 3 is 1.75 bits per heavy atom. The van der Waals surface area contributed by atoms with E-state index in [0.29, 0.717) is 0 Å². The molecule has 0 bridgehead atoms. The summed E-state index contributed by atoms with van der Waals surface area (Å²) in [4.78, 5) is 4.97. The fraction of sp³-hybridized carbons (Fsp3) is 0.0625. The lowest BCUT2D eigenvalue weighted by Gasteiger charge is -2.45. The Kier molecular flexibility index (Phi) is 7.95. The largest absolute Gasteiger partial charge is 0.456 e. The van der Waals surface area contributed by atoms with Gasteiger partial charge in [-0.15, -0.1) is 0 Å². The lowest BCUT2D eigenvalue weighted by molar-refractivity contribution is 0.660. The molecule has 3 heteroatoms. The van der Waals surface area contributed by atoms with Crippen molar-refractivity contribution in [2.24, 2.45) is 0 Å². The molecular formula is C64H44N2O. The van der Waals surface area contributed by atoms with Gasteiger partial charge in [-0.1, -0.05) is 172 Å². The smallest absolute Gasteiger partial charge is 0.135 e. The van der Waals surface area contributed by atoms with Crippen molar-refractivity contribution in [2.75, 3.05) is 9.80 Å². The zero-order chi connectivity index (χ0) is 44.4. The molecule has 2 aliphatic carbocycles.